The van der Waals surface area contributed by atoms with Crippen molar-refractivity contribution < 1.29 is 9.53 Å². The average Bonchev–Trinajstić information content (AvgIpc) is 3.16. The fourth-order valence-electron chi connectivity index (χ4n) is 3.66. The Balaban J connectivity index is 1.49. The molecule has 0 saturated carbocycles. The van der Waals surface area contributed by atoms with E-state index in [1.54, 1.807) is 0 Å². The van der Waals surface area contributed by atoms with E-state index in [9.17, 15) is 4.79 Å². The molecule has 0 atom stereocenters. The summed E-state index contributed by atoms with van der Waals surface area (Å²) >= 11 is 1.50. The van der Waals surface area contributed by atoms with Crippen LogP contribution in [0, 0.1) is 20.8 Å². The molecule has 0 radical (unpaired) electrons. The van der Waals surface area contributed by atoms with Crippen molar-refractivity contribution in [3.05, 3.63) is 80.5 Å². The predicted octanol–water partition coefficient (Wildman–Crippen LogP) is 5.85. The average molecular weight is 392 g/mol. The second-order valence-electron chi connectivity index (χ2n) is 7.57. The lowest BCUT2D eigenvalue weighted by Gasteiger charge is -2.29. The molecule has 1 amide bonds. The summed E-state index contributed by atoms with van der Waals surface area (Å²) in [5.41, 5.74) is 6.92. The number of rotatable bonds is 4. The van der Waals surface area contributed by atoms with Crippen LogP contribution in [0.1, 0.15) is 43.9 Å². The van der Waals surface area contributed by atoms with Gasteiger partial charge >= 0.3 is 0 Å². The van der Waals surface area contributed by atoms with Gasteiger partial charge in [0, 0.05) is 17.8 Å². The Labute approximate surface area is 170 Å². The molecule has 0 spiro atoms. The van der Waals surface area contributed by atoms with Crippen LogP contribution in [0.15, 0.2) is 47.8 Å². The Morgan fingerprint density at radius 3 is 2.71 bits per heavy atom. The van der Waals surface area contributed by atoms with Crippen molar-refractivity contribution in [3.63, 3.8) is 0 Å². The SMILES string of the molecule is Cc1ccc2c(c1)CCCN2C(=O)c1cc(COc2cc(C)ccc2C)cs1. The molecule has 1 aromatic heterocycles. The minimum absolute atomic E-state index is 0.0905. The number of benzene rings is 2. The summed E-state index contributed by atoms with van der Waals surface area (Å²) < 4.78 is 5.99. The Morgan fingerprint density at radius 1 is 1.07 bits per heavy atom. The number of hydrogen-bond donors (Lipinski definition) is 0. The lowest BCUT2D eigenvalue weighted by atomic mass is 9.99. The van der Waals surface area contributed by atoms with Crippen molar-refractivity contribution >= 4 is 22.9 Å². The van der Waals surface area contributed by atoms with E-state index in [-0.39, 0.29) is 5.91 Å². The van der Waals surface area contributed by atoms with E-state index in [1.165, 1.54) is 28.0 Å². The standard InChI is InChI=1S/C24H25NO2S/c1-16-7-9-21-20(11-16)5-4-10-25(21)24(26)23-13-19(15-28-23)14-27-22-12-17(2)6-8-18(22)3/h6-9,11-13,15H,4-5,10,14H2,1-3H3. The Kier molecular flexibility index (Phi) is 5.23. The van der Waals surface area contributed by atoms with Gasteiger partial charge < -0.3 is 9.64 Å². The van der Waals surface area contributed by atoms with Gasteiger partial charge in [-0.3, -0.25) is 4.79 Å². The molecule has 3 nitrogen and oxygen atoms in total. The van der Waals surface area contributed by atoms with Gasteiger partial charge in [-0.2, -0.15) is 0 Å². The highest BCUT2D eigenvalue weighted by molar-refractivity contribution is 7.12. The van der Waals surface area contributed by atoms with Crippen molar-refractivity contribution in [3.8, 4) is 5.75 Å². The van der Waals surface area contributed by atoms with Gasteiger partial charge in [-0.15, -0.1) is 11.3 Å². The van der Waals surface area contributed by atoms with E-state index in [0.717, 1.165) is 46.8 Å². The molecule has 0 saturated heterocycles. The predicted molar refractivity (Wildman–Crippen MR) is 116 cm³/mol. The number of thiophene rings is 1. The second kappa shape index (κ2) is 7.80. The largest absolute Gasteiger partial charge is 0.489 e. The first-order valence-corrected chi connectivity index (χ1v) is 10.6. The maximum atomic E-state index is 13.1. The number of amides is 1. The van der Waals surface area contributed by atoms with Crippen LogP contribution in [0.3, 0.4) is 0 Å². The van der Waals surface area contributed by atoms with Gasteiger partial charge in [0.25, 0.3) is 5.91 Å². The van der Waals surface area contributed by atoms with Crippen LogP contribution in [-0.4, -0.2) is 12.5 Å². The molecule has 3 aromatic rings. The molecule has 2 aromatic carbocycles. The molecular formula is C24H25NO2S. The number of aryl methyl sites for hydroxylation is 4. The topological polar surface area (TPSA) is 29.5 Å². The molecule has 2 heterocycles. The molecule has 4 heteroatoms. The van der Waals surface area contributed by atoms with Gasteiger partial charge in [0.05, 0.1) is 4.88 Å². The number of carbonyl (C=O) groups excluding carboxylic acids is 1. The van der Waals surface area contributed by atoms with E-state index in [2.05, 4.69) is 50.2 Å². The molecule has 144 valence electrons. The van der Waals surface area contributed by atoms with Crippen molar-refractivity contribution in [2.45, 2.75) is 40.2 Å². The first-order chi connectivity index (χ1) is 13.5. The fraction of sp³-hybridized carbons (Fsp3) is 0.292. The number of anilines is 1. The molecule has 0 fully saturated rings. The number of carbonyl (C=O) groups is 1. The highest BCUT2D eigenvalue weighted by Gasteiger charge is 2.24. The van der Waals surface area contributed by atoms with Crippen LogP contribution in [0.25, 0.3) is 0 Å². The van der Waals surface area contributed by atoms with E-state index >= 15 is 0 Å². The molecule has 1 aliphatic heterocycles. The van der Waals surface area contributed by atoms with Crippen LogP contribution < -0.4 is 9.64 Å². The van der Waals surface area contributed by atoms with Crippen molar-refractivity contribution in [1.82, 2.24) is 0 Å². The van der Waals surface area contributed by atoms with Gasteiger partial charge in [0.2, 0.25) is 0 Å². The van der Waals surface area contributed by atoms with Crippen LogP contribution in [-0.2, 0) is 13.0 Å². The molecule has 0 N–H and O–H groups in total. The van der Waals surface area contributed by atoms with Crippen molar-refractivity contribution in [1.29, 1.82) is 0 Å². The number of nitrogens with zero attached hydrogens (tertiary/aromatic N) is 1. The third-order valence-electron chi connectivity index (χ3n) is 5.20. The molecular weight excluding hydrogens is 366 g/mol. The summed E-state index contributed by atoms with van der Waals surface area (Å²) in [7, 11) is 0. The number of fused-ring (bicyclic) bond motifs is 1. The quantitative estimate of drug-likeness (QED) is 0.559. The van der Waals surface area contributed by atoms with Gasteiger partial charge in [-0.25, -0.2) is 0 Å². The molecule has 0 unspecified atom stereocenters. The lowest BCUT2D eigenvalue weighted by Crippen LogP contribution is -2.35. The van der Waals surface area contributed by atoms with Crippen LogP contribution in [0.5, 0.6) is 5.75 Å². The minimum Gasteiger partial charge on any atom is -0.489 e. The van der Waals surface area contributed by atoms with Gasteiger partial charge in [-0.05, 0) is 73.9 Å². The summed E-state index contributed by atoms with van der Waals surface area (Å²) in [4.78, 5) is 15.8. The fourth-order valence-corrected chi connectivity index (χ4v) is 4.50. The Hall–Kier alpha value is -2.59. The number of hydrogen-bond acceptors (Lipinski definition) is 3. The van der Waals surface area contributed by atoms with Gasteiger partial charge in [0.1, 0.15) is 12.4 Å². The first kappa shape index (κ1) is 18.8. The van der Waals surface area contributed by atoms with Crippen LogP contribution in [0.4, 0.5) is 5.69 Å². The molecule has 1 aliphatic rings. The highest BCUT2D eigenvalue weighted by atomic mass is 32.1. The van der Waals surface area contributed by atoms with Gasteiger partial charge in [0.15, 0.2) is 0 Å². The Bertz CT molecular complexity index is 1020. The lowest BCUT2D eigenvalue weighted by molar-refractivity contribution is 0.0989. The third kappa shape index (κ3) is 3.83. The van der Waals surface area contributed by atoms with E-state index < -0.39 is 0 Å². The summed E-state index contributed by atoms with van der Waals surface area (Å²) in [6.45, 7) is 7.46. The summed E-state index contributed by atoms with van der Waals surface area (Å²) in [5.74, 6) is 0.993. The molecule has 4 rings (SSSR count). The Morgan fingerprint density at radius 2 is 1.86 bits per heavy atom. The zero-order chi connectivity index (χ0) is 19.7. The third-order valence-corrected chi connectivity index (χ3v) is 6.17. The molecule has 0 bridgehead atoms. The van der Waals surface area contributed by atoms with Crippen LogP contribution >= 0.6 is 11.3 Å². The monoisotopic (exact) mass is 391 g/mol. The van der Waals surface area contributed by atoms with Gasteiger partial charge in [-0.1, -0.05) is 29.8 Å². The van der Waals surface area contributed by atoms with E-state index in [4.69, 9.17) is 4.74 Å². The summed E-state index contributed by atoms with van der Waals surface area (Å²) in [6.07, 6.45) is 2.05. The van der Waals surface area contributed by atoms with E-state index in [1.807, 2.05) is 23.3 Å². The highest BCUT2D eigenvalue weighted by Crippen LogP contribution is 2.30. The van der Waals surface area contributed by atoms with Crippen molar-refractivity contribution in [2.24, 2.45) is 0 Å². The van der Waals surface area contributed by atoms with Crippen LogP contribution in [0.2, 0.25) is 0 Å². The summed E-state index contributed by atoms with van der Waals surface area (Å²) in [6, 6.07) is 14.6. The second-order valence-corrected chi connectivity index (χ2v) is 8.48. The normalized spacial score (nSPS) is 13.3. The maximum Gasteiger partial charge on any atom is 0.268 e. The smallest absolute Gasteiger partial charge is 0.268 e. The van der Waals surface area contributed by atoms with E-state index in [0.29, 0.717) is 6.61 Å². The number of ether oxygens (including phenoxy) is 1. The zero-order valence-corrected chi connectivity index (χ0v) is 17.4. The molecule has 28 heavy (non-hydrogen) atoms. The zero-order valence-electron chi connectivity index (χ0n) is 16.6. The minimum atomic E-state index is 0.0905. The van der Waals surface area contributed by atoms with Crippen molar-refractivity contribution in [2.75, 3.05) is 11.4 Å². The summed E-state index contributed by atoms with van der Waals surface area (Å²) in [5, 5.41) is 2.03. The maximum absolute atomic E-state index is 13.1. The first-order valence-electron chi connectivity index (χ1n) is 9.70. The molecule has 0 aliphatic carbocycles.